The summed E-state index contributed by atoms with van der Waals surface area (Å²) in [5.41, 5.74) is 0.920. The van der Waals surface area contributed by atoms with Crippen LogP contribution in [0.25, 0.3) is 0 Å². The molecule has 1 aromatic rings. The molecule has 0 N–H and O–H groups in total. The van der Waals surface area contributed by atoms with Gasteiger partial charge in [-0.25, -0.2) is 4.39 Å². The second-order valence-electron chi connectivity index (χ2n) is 7.29. The number of nitrogens with zero attached hydrogens (tertiary/aromatic N) is 3. The van der Waals surface area contributed by atoms with E-state index in [9.17, 15) is 4.39 Å². The van der Waals surface area contributed by atoms with E-state index >= 15 is 0 Å². The van der Waals surface area contributed by atoms with Gasteiger partial charge in [-0.3, -0.25) is 4.90 Å². The zero-order chi connectivity index (χ0) is 16.9. The minimum Gasteiger partial charge on any atom is -0.304 e. The molecule has 1 atom stereocenters. The van der Waals surface area contributed by atoms with Crippen molar-refractivity contribution in [2.45, 2.75) is 38.3 Å². The molecule has 134 valence electrons. The number of halogens is 2. The fourth-order valence-corrected chi connectivity index (χ4v) is 4.06. The van der Waals surface area contributed by atoms with Crippen LogP contribution in [0.5, 0.6) is 0 Å². The predicted molar refractivity (Wildman–Crippen MR) is 98.0 cm³/mol. The smallest absolute Gasteiger partial charge is 0.123 e. The van der Waals surface area contributed by atoms with E-state index in [1.165, 1.54) is 64.5 Å². The van der Waals surface area contributed by atoms with Crippen molar-refractivity contribution in [1.82, 2.24) is 14.7 Å². The molecule has 0 spiro atoms. The van der Waals surface area contributed by atoms with Gasteiger partial charge in [-0.1, -0.05) is 18.0 Å². The van der Waals surface area contributed by atoms with Gasteiger partial charge in [0.2, 0.25) is 0 Å². The molecule has 2 fully saturated rings. The summed E-state index contributed by atoms with van der Waals surface area (Å²) in [5.74, 6) is -0.194. The Kier molecular flexibility index (Phi) is 6.50. The molecule has 1 aromatic carbocycles. The number of hydrogen-bond acceptors (Lipinski definition) is 3. The third-order valence-corrected chi connectivity index (χ3v) is 5.87. The first-order chi connectivity index (χ1) is 11.6. The van der Waals surface area contributed by atoms with Gasteiger partial charge in [-0.15, -0.1) is 0 Å². The molecule has 3 rings (SSSR count). The van der Waals surface area contributed by atoms with Crippen molar-refractivity contribution in [3.05, 3.63) is 34.6 Å². The maximum absolute atomic E-state index is 13.5. The second-order valence-corrected chi connectivity index (χ2v) is 7.70. The molecule has 3 nitrogen and oxygen atoms in total. The Morgan fingerprint density at radius 2 is 1.92 bits per heavy atom. The molecule has 0 unspecified atom stereocenters. The van der Waals surface area contributed by atoms with Crippen molar-refractivity contribution in [1.29, 1.82) is 0 Å². The number of likely N-dealkylation sites (N-methyl/N-ethyl adjacent to an activating group) is 1. The highest BCUT2D eigenvalue weighted by atomic mass is 35.5. The van der Waals surface area contributed by atoms with E-state index in [0.29, 0.717) is 11.1 Å². The third kappa shape index (κ3) is 4.92. The number of rotatable bonds is 5. The minimum atomic E-state index is -0.194. The lowest BCUT2D eigenvalue weighted by molar-refractivity contribution is 0.102. The van der Waals surface area contributed by atoms with E-state index in [0.717, 1.165) is 18.7 Å². The van der Waals surface area contributed by atoms with Crippen LogP contribution in [-0.2, 0) is 6.54 Å². The summed E-state index contributed by atoms with van der Waals surface area (Å²) in [4.78, 5) is 7.50. The van der Waals surface area contributed by atoms with Crippen LogP contribution >= 0.6 is 11.6 Å². The largest absolute Gasteiger partial charge is 0.304 e. The Morgan fingerprint density at radius 1 is 1.12 bits per heavy atom. The van der Waals surface area contributed by atoms with Gasteiger partial charge in [-0.2, -0.15) is 0 Å². The first-order valence-corrected chi connectivity index (χ1v) is 9.58. The molecule has 0 aliphatic carbocycles. The van der Waals surface area contributed by atoms with Crippen molar-refractivity contribution in [2.24, 2.45) is 0 Å². The molecule has 2 aliphatic heterocycles. The summed E-state index contributed by atoms with van der Waals surface area (Å²) < 4.78 is 13.5. The molecule has 0 radical (unpaired) electrons. The number of benzene rings is 1. The zero-order valence-electron chi connectivity index (χ0n) is 14.7. The highest BCUT2D eigenvalue weighted by Gasteiger charge is 2.24. The van der Waals surface area contributed by atoms with Gasteiger partial charge in [0.15, 0.2) is 0 Å². The summed E-state index contributed by atoms with van der Waals surface area (Å²) in [5, 5.41) is 0.680. The molecule has 0 bridgehead atoms. The van der Waals surface area contributed by atoms with Crippen molar-refractivity contribution in [3.8, 4) is 0 Å². The van der Waals surface area contributed by atoms with Crippen LogP contribution in [0.1, 0.15) is 31.2 Å². The Hall–Kier alpha value is -0.680. The lowest BCUT2D eigenvalue weighted by atomic mass is 9.98. The topological polar surface area (TPSA) is 9.72 Å². The van der Waals surface area contributed by atoms with Crippen molar-refractivity contribution in [3.63, 3.8) is 0 Å². The second kappa shape index (κ2) is 8.61. The Labute approximate surface area is 150 Å². The first kappa shape index (κ1) is 18.1. The van der Waals surface area contributed by atoms with E-state index < -0.39 is 0 Å². The highest BCUT2D eigenvalue weighted by molar-refractivity contribution is 6.31. The summed E-state index contributed by atoms with van der Waals surface area (Å²) in [6.07, 6.45) is 5.00. The van der Waals surface area contributed by atoms with Gasteiger partial charge < -0.3 is 9.80 Å². The molecule has 0 amide bonds. The molecule has 2 aliphatic rings. The maximum Gasteiger partial charge on any atom is 0.123 e. The molecule has 2 saturated heterocycles. The van der Waals surface area contributed by atoms with Crippen LogP contribution in [-0.4, -0.2) is 67.1 Å². The summed E-state index contributed by atoms with van der Waals surface area (Å²) in [7, 11) is 2.20. The normalized spacial score (nSPS) is 24.4. The van der Waals surface area contributed by atoms with Gasteiger partial charge in [0.05, 0.1) is 0 Å². The molecule has 0 aromatic heterocycles. The van der Waals surface area contributed by atoms with Gasteiger partial charge >= 0.3 is 0 Å². The third-order valence-electron chi connectivity index (χ3n) is 5.50. The minimum absolute atomic E-state index is 0.194. The maximum atomic E-state index is 13.5. The first-order valence-electron chi connectivity index (χ1n) is 9.21. The summed E-state index contributed by atoms with van der Waals surface area (Å²) >= 11 is 6.27. The van der Waals surface area contributed by atoms with Gasteiger partial charge in [0.1, 0.15) is 5.82 Å². The number of hydrogen-bond donors (Lipinski definition) is 0. The van der Waals surface area contributed by atoms with Gasteiger partial charge in [-0.05, 0) is 63.2 Å². The number of piperazine rings is 1. The van der Waals surface area contributed by atoms with Gasteiger partial charge in [0, 0.05) is 43.8 Å². The van der Waals surface area contributed by atoms with Crippen LogP contribution in [0, 0.1) is 5.82 Å². The standard InChI is InChI=1S/C19H29ClFN3/c1-22-10-12-23(13-11-22)9-7-18-4-2-3-8-24(18)15-16-14-17(21)5-6-19(16)20/h5-6,14,18H,2-4,7-13,15H2,1H3/t18-/m0/s1. The monoisotopic (exact) mass is 353 g/mol. The molecular formula is C19H29ClFN3. The lowest BCUT2D eigenvalue weighted by Gasteiger charge is -2.38. The number of piperidine rings is 1. The van der Waals surface area contributed by atoms with Crippen LogP contribution in [0.3, 0.4) is 0 Å². The van der Waals surface area contributed by atoms with E-state index in [1.807, 2.05) is 0 Å². The van der Waals surface area contributed by atoms with Crippen LogP contribution in [0.4, 0.5) is 4.39 Å². The van der Waals surface area contributed by atoms with Crippen LogP contribution in [0.15, 0.2) is 18.2 Å². The summed E-state index contributed by atoms with van der Waals surface area (Å²) in [6, 6.07) is 5.30. The predicted octanol–water partition coefficient (Wildman–Crippen LogP) is 3.47. The quantitative estimate of drug-likeness (QED) is 0.802. The van der Waals surface area contributed by atoms with E-state index in [4.69, 9.17) is 11.6 Å². The van der Waals surface area contributed by atoms with Crippen molar-refractivity contribution < 1.29 is 4.39 Å². The van der Waals surface area contributed by atoms with E-state index in [2.05, 4.69) is 21.7 Å². The van der Waals surface area contributed by atoms with Crippen LogP contribution in [0.2, 0.25) is 5.02 Å². The Bertz CT molecular complexity index is 531. The van der Waals surface area contributed by atoms with E-state index in [1.54, 1.807) is 12.1 Å². The fraction of sp³-hybridized carbons (Fsp3) is 0.684. The molecule has 5 heteroatoms. The van der Waals surface area contributed by atoms with E-state index in [-0.39, 0.29) is 5.82 Å². The molecule has 24 heavy (non-hydrogen) atoms. The lowest BCUT2D eigenvalue weighted by Crippen LogP contribution is -2.47. The SMILES string of the molecule is CN1CCN(CC[C@@H]2CCCCN2Cc2cc(F)ccc2Cl)CC1. The Balaban J connectivity index is 1.56. The average molecular weight is 354 g/mol. The zero-order valence-corrected chi connectivity index (χ0v) is 15.4. The highest BCUT2D eigenvalue weighted by Crippen LogP contribution is 2.25. The molecule has 2 heterocycles. The average Bonchev–Trinajstić information content (AvgIpc) is 2.59. The summed E-state index contributed by atoms with van der Waals surface area (Å²) in [6.45, 7) is 7.74. The fourth-order valence-electron chi connectivity index (χ4n) is 3.88. The number of likely N-dealkylation sites (tertiary alicyclic amines) is 1. The van der Waals surface area contributed by atoms with Gasteiger partial charge in [0.25, 0.3) is 0 Å². The Morgan fingerprint density at radius 3 is 2.71 bits per heavy atom. The van der Waals surface area contributed by atoms with Crippen molar-refractivity contribution >= 4 is 11.6 Å². The van der Waals surface area contributed by atoms with Crippen molar-refractivity contribution in [2.75, 3.05) is 46.3 Å². The van der Waals surface area contributed by atoms with Crippen LogP contribution < -0.4 is 0 Å². The molecular weight excluding hydrogens is 325 g/mol. The molecule has 0 saturated carbocycles.